The topological polar surface area (TPSA) is 158 Å². The molecule has 0 radical (unpaired) electrons. The molecule has 15 nitrogen and oxygen atoms in total. The van der Waals surface area contributed by atoms with Crippen LogP contribution in [0.3, 0.4) is 0 Å². The van der Waals surface area contributed by atoms with Gasteiger partial charge in [0, 0.05) is 5.69 Å². The minimum absolute atomic E-state index is 0.369. The molecule has 0 aliphatic carbocycles. The van der Waals surface area contributed by atoms with Crippen LogP contribution in [-0.4, -0.2) is 178 Å². The van der Waals surface area contributed by atoms with Gasteiger partial charge >= 0.3 is 0 Å². The number of ether oxygens (including phenoxy) is 13. The highest BCUT2D eigenvalue weighted by atomic mass is 16.6. The van der Waals surface area contributed by atoms with Crippen molar-refractivity contribution in [3.05, 3.63) is 24.3 Å². The van der Waals surface area contributed by atoms with E-state index in [1.807, 2.05) is 12.1 Å². The molecule has 1 heterocycles. The summed E-state index contributed by atoms with van der Waals surface area (Å²) in [6, 6.07) is 7.27. The van der Waals surface area contributed by atoms with Crippen LogP contribution in [0.2, 0.25) is 0 Å². The Morgan fingerprint density at radius 1 is 0.400 bits per heavy atom. The highest BCUT2D eigenvalue weighted by Crippen LogP contribution is 2.12. The summed E-state index contributed by atoms with van der Waals surface area (Å²) in [4.78, 5) is 0. The molecular formula is C35H64N2O13. The van der Waals surface area contributed by atoms with E-state index in [0.29, 0.717) is 170 Å². The Balaban J connectivity index is 1.12. The van der Waals surface area contributed by atoms with Crippen LogP contribution in [0.5, 0.6) is 5.75 Å². The molecule has 0 aromatic heterocycles. The molecule has 0 atom stereocenters. The van der Waals surface area contributed by atoms with Gasteiger partial charge in [0.2, 0.25) is 0 Å². The van der Waals surface area contributed by atoms with Crippen LogP contribution in [-0.2, 0) is 56.8 Å². The molecule has 1 fully saturated rings. The predicted octanol–water partition coefficient (Wildman–Crippen LogP) is 1.60. The van der Waals surface area contributed by atoms with Crippen LogP contribution < -0.4 is 15.8 Å². The summed E-state index contributed by atoms with van der Waals surface area (Å²) in [6.45, 7) is 14.6. The molecule has 0 saturated carbocycles. The second-order valence-electron chi connectivity index (χ2n) is 11.0. The first-order chi connectivity index (χ1) is 24.8. The molecule has 1 aromatic rings. The lowest BCUT2D eigenvalue weighted by atomic mass is 10.1. The molecule has 15 heteroatoms. The van der Waals surface area contributed by atoms with Gasteiger partial charge in [0.25, 0.3) is 0 Å². The first-order valence-electron chi connectivity index (χ1n) is 18.0. The summed E-state index contributed by atoms with van der Waals surface area (Å²) >= 11 is 0. The van der Waals surface area contributed by atoms with Crippen molar-refractivity contribution in [1.82, 2.24) is 5.32 Å². The van der Waals surface area contributed by atoms with Gasteiger partial charge < -0.3 is 72.6 Å². The minimum Gasteiger partial charge on any atom is -0.491 e. The smallest absolute Gasteiger partial charge is 0.119 e. The number of nitrogens with two attached hydrogens (primary N) is 1. The van der Waals surface area contributed by atoms with Crippen LogP contribution in [0.15, 0.2) is 24.3 Å². The van der Waals surface area contributed by atoms with Crippen molar-refractivity contribution < 1.29 is 61.6 Å². The average Bonchev–Trinajstić information content (AvgIpc) is 3.14. The lowest BCUT2D eigenvalue weighted by Gasteiger charge is -2.22. The normalized spacial score (nSPS) is 13.7. The number of nitrogens with one attached hydrogen (secondary N) is 1. The van der Waals surface area contributed by atoms with Gasteiger partial charge in [-0.2, -0.15) is 0 Å². The maximum Gasteiger partial charge on any atom is 0.119 e. The molecule has 1 aliphatic heterocycles. The van der Waals surface area contributed by atoms with Gasteiger partial charge in [-0.05, 0) is 50.2 Å². The van der Waals surface area contributed by atoms with E-state index in [9.17, 15) is 0 Å². The van der Waals surface area contributed by atoms with Crippen molar-refractivity contribution in [2.45, 2.75) is 18.9 Å². The van der Waals surface area contributed by atoms with Gasteiger partial charge in [0.15, 0.2) is 0 Å². The molecule has 1 aromatic carbocycles. The third-order valence-electron chi connectivity index (χ3n) is 6.96. The molecule has 0 bridgehead atoms. The van der Waals surface area contributed by atoms with Crippen molar-refractivity contribution in [2.75, 3.05) is 177 Å². The van der Waals surface area contributed by atoms with Crippen LogP contribution >= 0.6 is 0 Å². The van der Waals surface area contributed by atoms with E-state index >= 15 is 0 Å². The Kier molecular flexibility index (Phi) is 31.7. The van der Waals surface area contributed by atoms with Gasteiger partial charge in [0.1, 0.15) is 12.4 Å². The number of anilines is 1. The first kappa shape index (κ1) is 44.5. The quantitative estimate of drug-likeness (QED) is 0.0749. The SMILES string of the molecule is Nc1ccc(OCCOCCOCCOCCOCCOCCOCCOCCOCCOCCOCCOCCOC2CCNCC2)cc1. The summed E-state index contributed by atoms with van der Waals surface area (Å²) in [7, 11) is 0. The molecule has 0 amide bonds. The highest BCUT2D eigenvalue weighted by Gasteiger charge is 2.12. The molecule has 50 heavy (non-hydrogen) atoms. The average molecular weight is 721 g/mol. The Bertz CT molecular complexity index is 822. The Morgan fingerprint density at radius 3 is 1.00 bits per heavy atom. The summed E-state index contributed by atoms with van der Waals surface area (Å²) in [5, 5.41) is 3.33. The van der Waals surface area contributed by atoms with Crippen LogP contribution in [0.4, 0.5) is 5.69 Å². The first-order valence-corrected chi connectivity index (χ1v) is 18.0. The summed E-state index contributed by atoms with van der Waals surface area (Å²) in [5.41, 5.74) is 6.36. The van der Waals surface area contributed by atoms with Crippen LogP contribution in [0.1, 0.15) is 12.8 Å². The van der Waals surface area contributed by atoms with Crippen molar-refractivity contribution in [2.24, 2.45) is 0 Å². The third kappa shape index (κ3) is 30.0. The van der Waals surface area contributed by atoms with E-state index in [-0.39, 0.29) is 0 Å². The monoisotopic (exact) mass is 720 g/mol. The zero-order valence-electron chi connectivity index (χ0n) is 30.1. The summed E-state index contributed by atoms with van der Waals surface area (Å²) in [5.74, 6) is 0.772. The fourth-order valence-electron chi connectivity index (χ4n) is 4.32. The second kappa shape index (κ2) is 35.7. The highest BCUT2D eigenvalue weighted by molar-refractivity contribution is 5.41. The Morgan fingerprint density at radius 2 is 0.680 bits per heavy atom. The zero-order valence-corrected chi connectivity index (χ0v) is 30.1. The third-order valence-corrected chi connectivity index (χ3v) is 6.96. The Hall–Kier alpha value is -1.70. The van der Waals surface area contributed by atoms with E-state index in [4.69, 9.17) is 67.3 Å². The number of hydrogen-bond donors (Lipinski definition) is 2. The lowest BCUT2D eigenvalue weighted by Crippen LogP contribution is -2.33. The van der Waals surface area contributed by atoms with Crippen LogP contribution in [0.25, 0.3) is 0 Å². The maximum absolute atomic E-state index is 5.79. The molecule has 1 saturated heterocycles. The standard InChI is InChI=1S/C35H64N2O13/c36-33-1-3-34(4-2-33)49-31-29-47-27-25-45-23-21-43-19-17-41-15-13-39-11-9-38-10-12-40-14-16-42-18-20-44-22-24-46-26-28-48-30-32-50-35-5-7-37-8-6-35/h1-4,35,37H,5-32,36H2. The molecule has 292 valence electrons. The molecule has 2 rings (SSSR count). The van der Waals surface area contributed by atoms with Crippen molar-refractivity contribution in [3.63, 3.8) is 0 Å². The molecule has 1 aliphatic rings. The van der Waals surface area contributed by atoms with Gasteiger partial charge in [-0.1, -0.05) is 0 Å². The molecular weight excluding hydrogens is 656 g/mol. The van der Waals surface area contributed by atoms with E-state index < -0.39 is 0 Å². The van der Waals surface area contributed by atoms with Crippen molar-refractivity contribution in [3.8, 4) is 5.75 Å². The zero-order chi connectivity index (χ0) is 35.3. The largest absolute Gasteiger partial charge is 0.491 e. The molecule has 0 unspecified atom stereocenters. The van der Waals surface area contributed by atoms with Gasteiger partial charge in [-0.15, -0.1) is 0 Å². The van der Waals surface area contributed by atoms with Gasteiger partial charge in [-0.25, -0.2) is 0 Å². The van der Waals surface area contributed by atoms with Gasteiger partial charge in [0.05, 0.1) is 158 Å². The van der Waals surface area contributed by atoms with Crippen LogP contribution in [0, 0.1) is 0 Å². The van der Waals surface area contributed by atoms with E-state index in [1.54, 1.807) is 12.1 Å². The fourth-order valence-corrected chi connectivity index (χ4v) is 4.32. The fraction of sp³-hybridized carbons (Fsp3) is 0.829. The Labute approximate surface area is 298 Å². The number of nitrogen functional groups attached to an aromatic ring is 1. The van der Waals surface area contributed by atoms with E-state index in [2.05, 4.69) is 5.32 Å². The van der Waals surface area contributed by atoms with Crippen molar-refractivity contribution in [1.29, 1.82) is 0 Å². The maximum atomic E-state index is 5.79. The second-order valence-corrected chi connectivity index (χ2v) is 11.0. The molecule has 0 spiro atoms. The lowest BCUT2D eigenvalue weighted by molar-refractivity contribution is -0.0326. The minimum atomic E-state index is 0.369. The summed E-state index contributed by atoms with van der Waals surface area (Å²) < 4.78 is 71.8. The van der Waals surface area contributed by atoms with Crippen molar-refractivity contribution >= 4 is 5.69 Å². The van der Waals surface area contributed by atoms with E-state index in [0.717, 1.165) is 31.7 Å². The number of rotatable bonds is 38. The number of hydrogen-bond acceptors (Lipinski definition) is 15. The summed E-state index contributed by atoms with van der Waals surface area (Å²) in [6.07, 6.45) is 2.53. The number of benzene rings is 1. The van der Waals surface area contributed by atoms with Gasteiger partial charge in [-0.3, -0.25) is 0 Å². The van der Waals surface area contributed by atoms with E-state index in [1.165, 1.54) is 0 Å². The predicted molar refractivity (Wildman–Crippen MR) is 187 cm³/mol. The number of piperidine rings is 1. The molecule has 3 N–H and O–H groups in total.